The molecule has 124 valence electrons. The van der Waals surface area contributed by atoms with Gasteiger partial charge in [0.05, 0.1) is 11.7 Å². The number of rotatable bonds is 6. The second-order valence-corrected chi connectivity index (χ2v) is 8.75. The van der Waals surface area contributed by atoms with Crippen molar-refractivity contribution in [1.29, 1.82) is 0 Å². The Morgan fingerprint density at radius 3 is 2.86 bits per heavy atom. The van der Waals surface area contributed by atoms with Gasteiger partial charge in [-0.3, -0.25) is 4.79 Å². The number of hydrogen-bond donors (Lipinski definition) is 1. The number of aromatic nitrogens is 2. The molecule has 1 amide bonds. The number of amides is 1. The van der Waals surface area contributed by atoms with E-state index in [0.29, 0.717) is 30.9 Å². The highest BCUT2D eigenvalue weighted by Gasteiger charge is 2.32. The molecule has 1 aromatic rings. The van der Waals surface area contributed by atoms with Gasteiger partial charge in [-0.25, -0.2) is 12.7 Å². The number of piperidine rings is 1. The Morgan fingerprint density at radius 1 is 1.45 bits per heavy atom. The quantitative estimate of drug-likeness (QED) is 0.845. The fourth-order valence-electron chi connectivity index (χ4n) is 2.42. The van der Waals surface area contributed by atoms with E-state index in [9.17, 15) is 13.2 Å². The Labute approximate surface area is 135 Å². The van der Waals surface area contributed by atoms with Gasteiger partial charge in [0.25, 0.3) is 0 Å². The van der Waals surface area contributed by atoms with Gasteiger partial charge < -0.3 is 5.32 Å². The summed E-state index contributed by atoms with van der Waals surface area (Å²) in [4.78, 5) is 12.3. The summed E-state index contributed by atoms with van der Waals surface area (Å²) in [5.41, 5.74) is 0. The van der Waals surface area contributed by atoms with Crippen molar-refractivity contribution in [2.24, 2.45) is 5.92 Å². The number of nitrogens with one attached hydrogen (secondary N) is 1. The summed E-state index contributed by atoms with van der Waals surface area (Å²) >= 11 is 1.31. The molecule has 0 spiro atoms. The second kappa shape index (κ2) is 7.47. The molecule has 1 aliphatic rings. The van der Waals surface area contributed by atoms with Crippen LogP contribution < -0.4 is 5.32 Å². The highest BCUT2D eigenvalue weighted by Crippen LogP contribution is 2.22. The maximum absolute atomic E-state index is 12.3. The lowest BCUT2D eigenvalue weighted by atomic mass is 9.99. The standard InChI is InChI=1S/C13H22N4O3S2/c1-3-4-8-22(19,20)17-7-5-6-11(9-17)12(18)14-13-16-15-10(2)21-13/h11H,3-9H2,1-2H3,(H,14,16,18)/t11-/m0/s1. The molecule has 1 N–H and O–H groups in total. The molecule has 9 heteroatoms. The molecule has 1 saturated heterocycles. The van der Waals surface area contributed by atoms with Crippen molar-refractivity contribution in [3.63, 3.8) is 0 Å². The number of carbonyl (C=O) groups is 1. The lowest BCUT2D eigenvalue weighted by molar-refractivity contribution is -0.120. The van der Waals surface area contributed by atoms with Crippen LogP contribution in [0.1, 0.15) is 37.6 Å². The van der Waals surface area contributed by atoms with Crippen LogP contribution in [0.15, 0.2) is 0 Å². The zero-order valence-corrected chi connectivity index (χ0v) is 14.5. The van der Waals surface area contributed by atoms with Crippen molar-refractivity contribution in [2.75, 3.05) is 24.2 Å². The Bertz CT molecular complexity index is 615. The van der Waals surface area contributed by atoms with E-state index in [2.05, 4.69) is 15.5 Å². The van der Waals surface area contributed by atoms with Gasteiger partial charge in [-0.15, -0.1) is 10.2 Å². The van der Waals surface area contributed by atoms with Crippen molar-refractivity contribution < 1.29 is 13.2 Å². The average molecular weight is 346 g/mol. The van der Waals surface area contributed by atoms with Crippen LogP contribution in [-0.2, 0) is 14.8 Å². The van der Waals surface area contributed by atoms with Crippen LogP contribution in [0.5, 0.6) is 0 Å². The zero-order chi connectivity index (χ0) is 16.2. The van der Waals surface area contributed by atoms with Gasteiger partial charge >= 0.3 is 0 Å². The topological polar surface area (TPSA) is 92.3 Å². The van der Waals surface area contributed by atoms with Crippen LogP contribution in [0, 0.1) is 12.8 Å². The third-order valence-electron chi connectivity index (χ3n) is 3.66. The van der Waals surface area contributed by atoms with Crippen molar-refractivity contribution in [1.82, 2.24) is 14.5 Å². The zero-order valence-electron chi connectivity index (χ0n) is 12.9. The predicted molar refractivity (Wildman–Crippen MR) is 86.3 cm³/mol. The summed E-state index contributed by atoms with van der Waals surface area (Å²) < 4.78 is 26.0. The SMILES string of the molecule is CCCCS(=O)(=O)N1CCC[C@H](C(=O)Nc2nnc(C)s2)C1. The molecule has 0 aromatic carbocycles. The number of unbranched alkanes of at least 4 members (excludes halogenated alkanes) is 1. The van der Waals surface area contributed by atoms with E-state index in [1.165, 1.54) is 15.6 Å². The van der Waals surface area contributed by atoms with Gasteiger partial charge in [0.15, 0.2) is 0 Å². The van der Waals surface area contributed by atoms with Gasteiger partial charge in [0.2, 0.25) is 21.1 Å². The normalized spacial score (nSPS) is 20.0. The number of carbonyl (C=O) groups excluding carboxylic acids is 1. The largest absolute Gasteiger partial charge is 0.300 e. The van der Waals surface area contributed by atoms with E-state index in [-0.39, 0.29) is 24.1 Å². The van der Waals surface area contributed by atoms with Crippen LogP contribution in [0.25, 0.3) is 0 Å². The minimum Gasteiger partial charge on any atom is -0.300 e. The first-order chi connectivity index (χ1) is 10.4. The highest BCUT2D eigenvalue weighted by atomic mass is 32.2. The van der Waals surface area contributed by atoms with Crippen molar-refractivity contribution in [2.45, 2.75) is 39.5 Å². The monoisotopic (exact) mass is 346 g/mol. The average Bonchev–Trinajstić information content (AvgIpc) is 2.90. The van der Waals surface area contributed by atoms with Crippen LogP contribution in [-0.4, -0.2) is 47.7 Å². The van der Waals surface area contributed by atoms with Crippen molar-refractivity contribution in [3.05, 3.63) is 5.01 Å². The number of nitrogens with zero attached hydrogens (tertiary/aromatic N) is 3. The number of anilines is 1. The molecule has 1 fully saturated rings. The maximum Gasteiger partial charge on any atom is 0.230 e. The maximum atomic E-state index is 12.3. The third-order valence-corrected chi connectivity index (χ3v) is 6.34. The minimum absolute atomic E-state index is 0.160. The van der Waals surface area contributed by atoms with Gasteiger partial charge in [-0.05, 0) is 26.2 Å². The van der Waals surface area contributed by atoms with Crippen molar-refractivity contribution >= 4 is 32.4 Å². The molecule has 1 aromatic heterocycles. The number of hydrogen-bond acceptors (Lipinski definition) is 6. The fourth-order valence-corrected chi connectivity index (χ4v) is 4.74. The fraction of sp³-hybridized carbons (Fsp3) is 0.769. The molecule has 7 nitrogen and oxygen atoms in total. The summed E-state index contributed by atoms with van der Waals surface area (Å²) in [5.74, 6) is -0.339. The molecule has 0 bridgehead atoms. The summed E-state index contributed by atoms with van der Waals surface area (Å²) in [6.07, 6.45) is 2.90. The van der Waals surface area contributed by atoms with Gasteiger partial charge in [-0.1, -0.05) is 24.7 Å². The van der Waals surface area contributed by atoms with E-state index < -0.39 is 10.0 Å². The van der Waals surface area contributed by atoms with Crippen LogP contribution in [0.4, 0.5) is 5.13 Å². The third kappa shape index (κ3) is 4.47. The van der Waals surface area contributed by atoms with Gasteiger partial charge in [0, 0.05) is 13.1 Å². The van der Waals surface area contributed by atoms with Crippen LogP contribution in [0.2, 0.25) is 0 Å². The van der Waals surface area contributed by atoms with Gasteiger partial charge in [0.1, 0.15) is 5.01 Å². The van der Waals surface area contributed by atoms with Crippen LogP contribution >= 0.6 is 11.3 Å². The smallest absolute Gasteiger partial charge is 0.230 e. The molecule has 0 radical (unpaired) electrons. The lowest BCUT2D eigenvalue weighted by Crippen LogP contribution is -2.44. The molecule has 0 unspecified atom stereocenters. The molecular weight excluding hydrogens is 324 g/mol. The molecule has 2 rings (SSSR count). The Kier molecular flexibility index (Phi) is 5.87. The molecule has 2 heterocycles. The second-order valence-electron chi connectivity index (χ2n) is 5.48. The molecule has 1 aliphatic heterocycles. The van der Waals surface area contributed by atoms with E-state index in [0.717, 1.165) is 11.4 Å². The molecule has 0 saturated carbocycles. The first-order valence-corrected chi connectivity index (χ1v) is 9.93. The Morgan fingerprint density at radius 2 is 2.23 bits per heavy atom. The molecular formula is C13H22N4O3S2. The number of sulfonamides is 1. The summed E-state index contributed by atoms with van der Waals surface area (Å²) in [7, 11) is -3.25. The first-order valence-electron chi connectivity index (χ1n) is 7.51. The highest BCUT2D eigenvalue weighted by molar-refractivity contribution is 7.89. The lowest BCUT2D eigenvalue weighted by Gasteiger charge is -2.31. The number of aryl methyl sites for hydroxylation is 1. The Balaban J connectivity index is 1.96. The van der Waals surface area contributed by atoms with E-state index >= 15 is 0 Å². The van der Waals surface area contributed by atoms with Gasteiger partial charge in [-0.2, -0.15) is 0 Å². The Hall–Kier alpha value is -1.06. The van der Waals surface area contributed by atoms with E-state index in [1.807, 2.05) is 13.8 Å². The predicted octanol–water partition coefficient (Wildman–Crippen LogP) is 1.63. The summed E-state index contributed by atoms with van der Waals surface area (Å²) in [5, 5.41) is 11.7. The molecule has 0 aliphatic carbocycles. The van der Waals surface area contributed by atoms with E-state index in [4.69, 9.17) is 0 Å². The van der Waals surface area contributed by atoms with E-state index in [1.54, 1.807) is 0 Å². The summed E-state index contributed by atoms with van der Waals surface area (Å²) in [6, 6.07) is 0. The minimum atomic E-state index is -3.25. The summed E-state index contributed by atoms with van der Waals surface area (Å²) in [6.45, 7) is 4.55. The first kappa shape index (κ1) is 17.3. The van der Waals surface area contributed by atoms with Crippen molar-refractivity contribution in [3.8, 4) is 0 Å². The molecule has 1 atom stereocenters. The molecule has 22 heavy (non-hydrogen) atoms. The van der Waals surface area contributed by atoms with Crippen LogP contribution in [0.3, 0.4) is 0 Å².